The minimum absolute atomic E-state index is 0.125. The summed E-state index contributed by atoms with van der Waals surface area (Å²) in [6.07, 6.45) is 2.98. The average molecular weight is 388 g/mol. The number of amides is 1. The van der Waals surface area contributed by atoms with Crippen LogP contribution in [0.2, 0.25) is 0 Å². The van der Waals surface area contributed by atoms with E-state index in [1.54, 1.807) is 6.33 Å². The van der Waals surface area contributed by atoms with Crippen LogP contribution in [0.3, 0.4) is 0 Å². The van der Waals surface area contributed by atoms with E-state index in [0.717, 1.165) is 44.8 Å². The molecule has 0 unspecified atom stereocenters. The lowest BCUT2D eigenvalue weighted by Crippen LogP contribution is -2.15. The van der Waals surface area contributed by atoms with Gasteiger partial charge in [-0.05, 0) is 42.6 Å². The molecule has 0 aliphatic rings. The predicted molar refractivity (Wildman–Crippen MR) is 113 cm³/mol. The summed E-state index contributed by atoms with van der Waals surface area (Å²) in [4.78, 5) is 22.7. The monoisotopic (exact) mass is 388 g/mol. The van der Waals surface area contributed by atoms with Crippen molar-refractivity contribution >= 4 is 34.0 Å². The topological polar surface area (TPSA) is 67.8 Å². The first kappa shape index (κ1) is 18.3. The highest BCUT2D eigenvalue weighted by Gasteiger charge is 2.20. The van der Waals surface area contributed by atoms with E-state index >= 15 is 0 Å². The van der Waals surface area contributed by atoms with Gasteiger partial charge >= 0.3 is 0 Å². The molecular weight excluding hydrogens is 368 g/mol. The van der Waals surface area contributed by atoms with Gasteiger partial charge in [0.2, 0.25) is 0 Å². The number of para-hydroxylation sites is 2. The second kappa shape index (κ2) is 7.86. The third-order valence-corrected chi connectivity index (χ3v) is 5.69. The van der Waals surface area contributed by atoms with E-state index in [1.165, 1.54) is 11.5 Å². The van der Waals surface area contributed by atoms with Gasteiger partial charge in [0.1, 0.15) is 6.33 Å². The van der Waals surface area contributed by atoms with Gasteiger partial charge in [0.15, 0.2) is 0 Å². The number of rotatable bonds is 5. The molecule has 28 heavy (non-hydrogen) atoms. The molecule has 0 fully saturated rings. The lowest BCUT2D eigenvalue weighted by molar-refractivity contribution is 0.102. The van der Waals surface area contributed by atoms with Crippen molar-refractivity contribution in [2.24, 2.45) is 0 Å². The summed E-state index contributed by atoms with van der Waals surface area (Å²) in [5.74, 6) is -0.125. The Morgan fingerprint density at radius 3 is 2.71 bits per heavy atom. The predicted octanol–water partition coefficient (Wildman–Crippen LogP) is 4.80. The van der Waals surface area contributed by atoms with Gasteiger partial charge in [-0.3, -0.25) is 4.79 Å². The maximum absolute atomic E-state index is 13.1. The Hall–Kier alpha value is -3.12. The van der Waals surface area contributed by atoms with E-state index in [0.29, 0.717) is 12.0 Å². The van der Waals surface area contributed by atoms with Crippen LogP contribution in [0.4, 0.5) is 5.69 Å². The zero-order valence-electron chi connectivity index (χ0n) is 15.8. The van der Waals surface area contributed by atoms with Crippen molar-refractivity contribution < 1.29 is 4.79 Å². The summed E-state index contributed by atoms with van der Waals surface area (Å²) >= 11 is 1.36. The number of benzene rings is 2. The minimum Gasteiger partial charge on any atom is -0.322 e. The molecule has 5 nitrogen and oxygen atoms in total. The van der Waals surface area contributed by atoms with Gasteiger partial charge in [-0.25, -0.2) is 9.97 Å². The maximum atomic E-state index is 13.1. The highest BCUT2D eigenvalue weighted by molar-refractivity contribution is 7.06. The Labute approximate surface area is 167 Å². The van der Waals surface area contributed by atoms with Gasteiger partial charge in [-0.15, -0.1) is 0 Å². The zero-order chi connectivity index (χ0) is 19.5. The normalized spacial score (nSPS) is 10.9. The molecule has 1 amide bonds. The molecule has 140 valence electrons. The number of fused-ring (bicyclic) bond motifs is 1. The second-order valence-corrected chi connectivity index (χ2v) is 7.40. The highest BCUT2D eigenvalue weighted by atomic mass is 32.1. The minimum atomic E-state index is -0.125. The van der Waals surface area contributed by atoms with Crippen LogP contribution in [-0.2, 0) is 12.8 Å². The second-order valence-electron chi connectivity index (χ2n) is 6.55. The highest BCUT2D eigenvalue weighted by Crippen LogP contribution is 2.26. The van der Waals surface area contributed by atoms with Crippen molar-refractivity contribution in [3.05, 3.63) is 82.3 Å². The van der Waals surface area contributed by atoms with Crippen molar-refractivity contribution in [2.45, 2.75) is 26.7 Å². The number of aryl methyl sites for hydroxylation is 2. The molecule has 2 heterocycles. The Balaban J connectivity index is 1.67. The molecular formula is C22H20N4OS. The van der Waals surface area contributed by atoms with Crippen LogP contribution in [0.1, 0.15) is 39.1 Å². The quantitative estimate of drug-likeness (QED) is 0.533. The molecule has 0 atom stereocenters. The lowest BCUT2D eigenvalue weighted by atomic mass is 10.1. The largest absolute Gasteiger partial charge is 0.322 e. The van der Waals surface area contributed by atoms with Gasteiger partial charge in [-0.1, -0.05) is 43.3 Å². The van der Waals surface area contributed by atoms with E-state index in [1.807, 2.05) is 55.5 Å². The lowest BCUT2D eigenvalue weighted by Gasteiger charge is -2.11. The summed E-state index contributed by atoms with van der Waals surface area (Å²) in [7, 11) is 0. The molecule has 6 heteroatoms. The molecule has 0 aliphatic carbocycles. The molecule has 0 saturated heterocycles. The van der Waals surface area contributed by atoms with Gasteiger partial charge in [0.25, 0.3) is 5.91 Å². The fourth-order valence-corrected chi connectivity index (χ4v) is 4.19. The van der Waals surface area contributed by atoms with Crippen LogP contribution >= 0.6 is 11.5 Å². The first-order valence-corrected chi connectivity index (χ1v) is 9.97. The number of nitrogens with one attached hydrogen (secondary N) is 1. The van der Waals surface area contributed by atoms with Crippen molar-refractivity contribution in [1.82, 2.24) is 14.3 Å². The molecule has 0 aliphatic heterocycles. The maximum Gasteiger partial charge on any atom is 0.258 e. The van der Waals surface area contributed by atoms with Crippen molar-refractivity contribution in [1.29, 1.82) is 0 Å². The van der Waals surface area contributed by atoms with Crippen molar-refractivity contribution in [3.8, 4) is 0 Å². The Kier molecular flexibility index (Phi) is 5.12. The summed E-state index contributed by atoms with van der Waals surface area (Å²) in [5.41, 5.74) is 5.14. The molecule has 1 N–H and O–H groups in total. The van der Waals surface area contributed by atoms with Gasteiger partial charge < -0.3 is 5.32 Å². The molecule has 4 aromatic rings. The van der Waals surface area contributed by atoms with Crippen molar-refractivity contribution in [2.75, 3.05) is 5.32 Å². The van der Waals surface area contributed by atoms with Gasteiger partial charge in [0.05, 0.1) is 22.5 Å². The third-order valence-electron chi connectivity index (χ3n) is 4.76. The number of anilines is 1. The van der Waals surface area contributed by atoms with E-state index in [9.17, 15) is 4.79 Å². The smallest absolute Gasteiger partial charge is 0.258 e. The number of nitrogens with zero attached hydrogens (tertiary/aromatic N) is 3. The Morgan fingerprint density at radius 2 is 1.86 bits per heavy atom. The van der Waals surface area contributed by atoms with Gasteiger partial charge in [0, 0.05) is 22.4 Å². The Bertz CT molecular complexity index is 1150. The van der Waals surface area contributed by atoms with Crippen LogP contribution in [0.5, 0.6) is 0 Å². The number of hydrogen-bond acceptors (Lipinski definition) is 5. The zero-order valence-corrected chi connectivity index (χ0v) is 16.6. The molecule has 0 spiro atoms. The number of carbonyl (C=O) groups excluding carboxylic acids is 1. The molecule has 4 rings (SSSR count). The van der Waals surface area contributed by atoms with E-state index in [4.69, 9.17) is 0 Å². The fourth-order valence-electron chi connectivity index (χ4n) is 3.32. The van der Waals surface area contributed by atoms with Crippen LogP contribution in [0.15, 0.2) is 54.9 Å². The van der Waals surface area contributed by atoms with E-state index < -0.39 is 0 Å². The van der Waals surface area contributed by atoms with Gasteiger partial charge in [-0.2, -0.15) is 4.37 Å². The van der Waals surface area contributed by atoms with E-state index in [-0.39, 0.29) is 5.91 Å². The summed E-state index contributed by atoms with van der Waals surface area (Å²) in [6, 6.07) is 15.8. The van der Waals surface area contributed by atoms with Crippen molar-refractivity contribution in [3.63, 3.8) is 0 Å². The van der Waals surface area contributed by atoms with Crippen LogP contribution in [-0.4, -0.2) is 20.2 Å². The summed E-state index contributed by atoms with van der Waals surface area (Å²) in [6.45, 7) is 3.95. The molecule has 2 aromatic carbocycles. The fraction of sp³-hybridized carbons (Fsp3) is 0.182. The third kappa shape index (κ3) is 3.51. The molecule has 0 bridgehead atoms. The average Bonchev–Trinajstić information content (AvgIpc) is 3.09. The standard InChI is InChI=1S/C22H20N4OS/c1-3-15-8-4-6-10-17(15)25-22(27)21-14(2)26-28-20(21)12-19-16-9-5-7-11-18(16)23-13-24-19/h4-11,13H,3,12H2,1-2H3,(H,25,27). The molecule has 0 radical (unpaired) electrons. The molecule has 2 aromatic heterocycles. The van der Waals surface area contributed by atoms with Crippen LogP contribution < -0.4 is 5.32 Å². The van der Waals surface area contributed by atoms with E-state index in [2.05, 4.69) is 26.6 Å². The summed E-state index contributed by atoms with van der Waals surface area (Å²) < 4.78 is 4.44. The number of aromatic nitrogens is 3. The Morgan fingerprint density at radius 1 is 1.07 bits per heavy atom. The number of hydrogen-bond donors (Lipinski definition) is 1. The van der Waals surface area contributed by atoms with Crippen LogP contribution in [0.25, 0.3) is 10.9 Å². The first-order valence-electron chi connectivity index (χ1n) is 9.20. The summed E-state index contributed by atoms with van der Waals surface area (Å²) in [5, 5.41) is 4.06. The molecule has 0 saturated carbocycles. The number of carbonyl (C=O) groups is 1. The SMILES string of the molecule is CCc1ccccc1NC(=O)c1c(C)nsc1Cc1ncnc2ccccc12. The van der Waals surface area contributed by atoms with Crippen LogP contribution in [0, 0.1) is 6.92 Å². The first-order chi connectivity index (χ1) is 13.7.